The second-order valence-electron chi connectivity index (χ2n) is 5.47. The van der Waals surface area contributed by atoms with E-state index in [1.165, 1.54) is 27.8 Å². The molecule has 0 heterocycles. The Kier molecular flexibility index (Phi) is 15.8. The van der Waals surface area contributed by atoms with Crippen LogP contribution in [0.15, 0.2) is 60.2 Å². The van der Waals surface area contributed by atoms with E-state index in [4.69, 9.17) is 0 Å². The molecule has 0 N–H and O–H groups in total. The van der Waals surface area contributed by atoms with Crippen molar-refractivity contribution in [2.45, 2.75) is 32.9 Å². The van der Waals surface area contributed by atoms with E-state index < -0.39 is 0 Å². The van der Waals surface area contributed by atoms with Crippen molar-refractivity contribution in [1.82, 2.24) is 0 Å². The van der Waals surface area contributed by atoms with Gasteiger partial charge in [-0.2, -0.15) is 35.9 Å². The molecule has 4 rings (SSSR count). The summed E-state index contributed by atoms with van der Waals surface area (Å²) >= 11 is 0. The maximum Gasteiger partial charge on any atom is 4.00 e. The molecule has 0 aromatic heterocycles. The summed E-state index contributed by atoms with van der Waals surface area (Å²) in [5.41, 5.74) is 6.85. The molecule has 0 atom stereocenters. The summed E-state index contributed by atoms with van der Waals surface area (Å²) < 4.78 is 0. The summed E-state index contributed by atoms with van der Waals surface area (Å²) in [6.45, 7) is 6.50. The van der Waals surface area contributed by atoms with Crippen LogP contribution in [0.3, 0.4) is 0 Å². The molecule has 25 heavy (non-hydrogen) atoms. The minimum atomic E-state index is 0. The van der Waals surface area contributed by atoms with Gasteiger partial charge in [0.2, 0.25) is 0 Å². The van der Waals surface area contributed by atoms with E-state index >= 15 is 0 Å². The van der Waals surface area contributed by atoms with Crippen molar-refractivity contribution in [1.29, 1.82) is 0 Å². The fraction of sp³-hybridized carbons (Fsp3) is 0.238. The second kappa shape index (κ2) is 14.7. The van der Waals surface area contributed by atoms with Gasteiger partial charge >= 0.3 is 26.2 Å². The summed E-state index contributed by atoms with van der Waals surface area (Å²) in [5.74, 6) is 0. The Morgan fingerprint density at radius 1 is 0.960 bits per heavy atom. The summed E-state index contributed by atoms with van der Waals surface area (Å²) in [6, 6.07) is 18.1. The van der Waals surface area contributed by atoms with Gasteiger partial charge in [-0.15, -0.1) is 18.9 Å². The number of halogens is 2. The molecule has 0 aliphatic heterocycles. The van der Waals surface area contributed by atoms with E-state index in [0.717, 1.165) is 22.4 Å². The van der Waals surface area contributed by atoms with E-state index in [-0.39, 0.29) is 51.0 Å². The Balaban J connectivity index is 0. The smallest absolute Gasteiger partial charge is 1.00 e. The Hall–Kier alpha value is -0.400. The van der Waals surface area contributed by atoms with E-state index in [9.17, 15) is 0 Å². The first-order valence-corrected chi connectivity index (χ1v) is 10.1. The Morgan fingerprint density at radius 2 is 1.60 bits per heavy atom. The third-order valence-corrected chi connectivity index (χ3v) is 3.49. The Labute approximate surface area is 187 Å². The largest absolute Gasteiger partial charge is 4.00 e. The molecule has 0 unspecified atom stereocenters. The quantitative estimate of drug-likeness (QED) is 0.304. The second-order valence-corrected chi connectivity index (χ2v) is 6.63. The van der Waals surface area contributed by atoms with Gasteiger partial charge in [0.15, 0.2) is 0 Å². The van der Waals surface area contributed by atoms with Crippen molar-refractivity contribution in [3.63, 3.8) is 0 Å². The fourth-order valence-corrected chi connectivity index (χ4v) is 2.50. The van der Waals surface area contributed by atoms with Crippen molar-refractivity contribution < 1.29 is 51.0 Å². The van der Waals surface area contributed by atoms with Crippen LogP contribution < -0.4 is 24.8 Å². The molecule has 4 heteroatoms. The van der Waals surface area contributed by atoms with E-state index in [1.54, 1.807) is 0 Å². The predicted molar refractivity (Wildman–Crippen MR) is 98.6 cm³/mol. The van der Waals surface area contributed by atoms with Gasteiger partial charge < -0.3 is 24.8 Å². The third-order valence-electron chi connectivity index (χ3n) is 3.49. The molecular weight excluding hydrogens is 442 g/mol. The van der Waals surface area contributed by atoms with Gasteiger partial charge in [-0.1, -0.05) is 48.5 Å². The first kappa shape index (κ1) is 26.8. The van der Waals surface area contributed by atoms with Gasteiger partial charge in [-0.25, -0.2) is 11.6 Å². The van der Waals surface area contributed by atoms with Gasteiger partial charge in [0, 0.05) is 9.52 Å². The van der Waals surface area contributed by atoms with Crippen LogP contribution in [-0.4, -0.2) is 9.52 Å². The average molecular weight is 466 g/mol. The number of benzene rings is 2. The maximum absolute atomic E-state index is 3.30. The Morgan fingerprint density at radius 3 is 2.16 bits per heavy atom. The summed E-state index contributed by atoms with van der Waals surface area (Å²) in [5, 5.41) is 0. The van der Waals surface area contributed by atoms with Gasteiger partial charge in [0.1, 0.15) is 0 Å². The topological polar surface area (TPSA) is 0 Å². The fourth-order valence-electron chi connectivity index (χ4n) is 2.50. The molecule has 0 nitrogen and oxygen atoms in total. The van der Waals surface area contributed by atoms with E-state index in [0.29, 0.717) is 0 Å². The number of hydrogen-bond acceptors (Lipinski definition) is 0. The SMILES string of the molecule is CC1=CC[C-]=C1.C[SiH]C.[Cl-].[Cl-].[Zr+4].[c-]1cccc2c1Cc1ccccc1-2. The van der Waals surface area contributed by atoms with Crippen LogP contribution in [0.4, 0.5) is 0 Å². The molecule has 0 saturated carbocycles. The average Bonchev–Trinajstić information content (AvgIpc) is 3.15. The zero-order valence-corrected chi connectivity index (χ0v) is 20.1. The van der Waals surface area contributed by atoms with Crippen molar-refractivity contribution in [3.8, 4) is 11.1 Å². The molecule has 2 aromatic rings. The number of allylic oxidation sites excluding steroid dienone is 4. The molecule has 1 radical (unpaired) electrons. The Bertz CT molecular complexity index is 635. The zero-order valence-electron chi connectivity index (χ0n) is 14.9. The van der Waals surface area contributed by atoms with E-state index in [2.05, 4.69) is 74.6 Å². The minimum absolute atomic E-state index is 0. The van der Waals surface area contributed by atoms with Crippen LogP contribution in [0.25, 0.3) is 11.1 Å². The summed E-state index contributed by atoms with van der Waals surface area (Å²) in [4.78, 5) is 0. The molecule has 2 aliphatic rings. The zero-order chi connectivity index (χ0) is 15.8. The van der Waals surface area contributed by atoms with Crippen molar-refractivity contribution in [3.05, 3.63) is 83.5 Å². The maximum atomic E-state index is 3.30. The molecule has 0 amide bonds. The standard InChI is InChI=1S/C13H9.C6H7.C2H7Si.2ClH.Zr/c1-3-7-12-10(5-1)9-11-6-2-4-8-13(11)12;1-6-4-2-3-5-6;1-3-2;;;/h1-5,7-8H,9H2;4-5H,2H2,1H3;3H,1-2H3;2*1H;/q2*-1;;;;+4/p-2. The normalized spacial score (nSPS) is 11.6. The van der Waals surface area contributed by atoms with Gasteiger partial charge in [-0.05, 0) is 6.42 Å². The number of hydrogen-bond donors (Lipinski definition) is 0. The minimum Gasteiger partial charge on any atom is -1.00 e. The molecule has 129 valence electrons. The van der Waals surface area contributed by atoms with Crippen LogP contribution in [-0.2, 0) is 32.6 Å². The molecular formula is C21H23Cl2SiZr. The van der Waals surface area contributed by atoms with Gasteiger partial charge in [0.05, 0.1) is 0 Å². The molecule has 0 fully saturated rings. The number of rotatable bonds is 0. The van der Waals surface area contributed by atoms with Crippen molar-refractivity contribution in [2.24, 2.45) is 0 Å². The number of fused-ring (bicyclic) bond motifs is 3. The van der Waals surface area contributed by atoms with Gasteiger partial charge in [0.25, 0.3) is 0 Å². The van der Waals surface area contributed by atoms with Crippen molar-refractivity contribution in [2.75, 3.05) is 0 Å². The molecule has 0 saturated heterocycles. The van der Waals surface area contributed by atoms with Crippen LogP contribution in [0.5, 0.6) is 0 Å². The van der Waals surface area contributed by atoms with Crippen LogP contribution in [0, 0.1) is 12.1 Å². The van der Waals surface area contributed by atoms with E-state index in [1.807, 2.05) is 12.1 Å². The molecule has 2 aromatic carbocycles. The first-order valence-electron chi connectivity index (χ1n) is 7.81. The predicted octanol–water partition coefficient (Wildman–Crippen LogP) is -0.722. The van der Waals surface area contributed by atoms with Crippen molar-refractivity contribution >= 4 is 9.52 Å². The van der Waals surface area contributed by atoms with Crippen LogP contribution in [0.1, 0.15) is 24.5 Å². The molecule has 0 bridgehead atoms. The summed E-state index contributed by atoms with van der Waals surface area (Å²) in [6.07, 6.45) is 9.29. The van der Waals surface area contributed by atoms with Gasteiger partial charge in [-0.3, -0.25) is 6.08 Å². The van der Waals surface area contributed by atoms with Crippen LogP contribution >= 0.6 is 0 Å². The molecule has 2 aliphatic carbocycles. The van der Waals surface area contributed by atoms with Crippen LogP contribution in [0.2, 0.25) is 13.1 Å². The monoisotopic (exact) mass is 463 g/mol. The third kappa shape index (κ3) is 8.22. The summed E-state index contributed by atoms with van der Waals surface area (Å²) in [7, 11) is 0.750. The first-order chi connectivity index (χ1) is 10.8. The molecule has 0 spiro atoms.